The van der Waals surface area contributed by atoms with Gasteiger partial charge >= 0.3 is 0 Å². The number of nitrogens with one attached hydrogen (secondary N) is 1. The zero-order valence-electron chi connectivity index (χ0n) is 6.97. The fourth-order valence-electron chi connectivity index (χ4n) is 0.790. The van der Waals surface area contributed by atoms with Crippen molar-refractivity contribution in [1.82, 2.24) is 4.98 Å². The Hall–Kier alpha value is -1.41. The van der Waals surface area contributed by atoms with Gasteiger partial charge in [0.2, 0.25) is 5.96 Å². The van der Waals surface area contributed by atoms with E-state index >= 15 is 0 Å². The molecule has 1 rings (SSSR count). The predicted octanol–water partition coefficient (Wildman–Crippen LogP) is -0.294. The molecule has 0 aromatic carbocycles. The number of hydrogen-bond donors (Lipinski definition) is 3. The number of aromatic amines is 1. The molecule has 0 amide bonds. The van der Waals surface area contributed by atoms with Crippen molar-refractivity contribution in [1.29, 1.82) is 0 Å². The normalized spacial score (nSPS) is 10.9. The van der Waals surface area contributed by atoms with Crippen molar-refractivity contribution in [3.63, 3.8) is 0 Å². The van der Waals surface area contributed by atoms with Crippen molar-refractivity contribution in [3.8, 4) is 0 Å². The quantitative estimate of drug-likeness (QED) is 0.368. The fraction of sp³-hybridized carbons (Fsp3) is 0. The molecule has 0 radical (unpaired) electrons. The molecular weight excluding hydrogens is 224 g/mol. The molecule has 1 aromatic rings. The van der Waals surface area contributed by atoms with Crippen molar-refractivity contribution in [2.24, 2.45) is 15.9 Å². The lowest BCUT2D eigenvalue weighted by molar-refractivity contribution is 0.597. The van der Waals surface area contributed by atoms with Crippen molar-refractivity contribution in [3.05, 3.63) is 23.0 Å². The van der Waals surface area contributed by atoms with Crippen molar-refractivity contribution < 1.29 is 8.42 Å². The second kappa shape index (κ2) is 3.76. The molecule has 0 spiro atoms. The highest BCUT2D eigenvalue weighted by molar-refractivity contribution is 7.90. The smallest absolute Gasteiger partial charge is 0.288 e. The highest BCUT2D eigenvalue weighted by Crippen LogP contribution is 2.11. The average Bonchev–Trinajstić information content (AvgIpc) is 2.02. The van der Waals surface area contributed by atoms with Gasteiger partial charge in [0.25, 0.3) is 10.0 Å². The average molecular weight is 232 g/mol. The summed E-state index contributed by atoms with van der Waals surface area (Å²) in [5.74, 6) is -0.525. The second-order valence-corrected chi connectivity index (χ2v) is 4.38. The Morgan fingerprint density at radius 2 is 2.14 bits per heavy atom. The summed E-state index contributed by atoms with van der Waals surface area (Å²) in [6.45, 7) is 0. The number of guanidine groups is 1. The first-order valence-corrected chi connectivity index (χ1v) is 5.31. The summed E-state index contributed by atoms with van der Waals surface area (Å²) < 4.78 is 26.1. The van der Waals surface area contributed by atoms with Crippen molar-refractivity contribution in [2.75, 3.05) is 0 Å². The third-order valence-electron chi connectivity index (χ3n) is 1.29. The molecule has 0 saturated carbocycles. The standard InChI is InChI=1S/C6H8N4O2S2/c7-6(8)10-14(11,12)5-3-9-2-1-4(5)13/h1-3H,(H,9,13)(H4,7,8,10). The first-order chi connectivity index (χ1) is 6.43. The van der Waals surface area contributed by atoms with E-state index in [0.717, 1.165) is 0 Å². The zero-order chi connectivity index (χ0) is 10.8. The molecule has 0 atom stereocenters. The van der Waals surface area contributed by atoms with Crippen LogP contribution in [0.15, 0.2) is 27.8 Å². The lowest BCUT2D eigenvalue weighted by Gasteiger charge is -1.98. The molecule has 6 nitrogen and oxygen atoms in total. The van der Waals surface area contributed by atoms with Crippen molar-refractivity contribution >= 4 is 28.2 Å². The number of nitrogens with zero attached hydrogens (tertiary/aromatic N) is 1. The molecule has 1 heterocycles. The third kappa shape index (κ3) is 2.30. The minimum atomic E-state index is -3.89. The molecule has 5 N–H and O–H groups in total. The summed E-state index contributed by atoms with van der Waals surface area (Å²) in [7, 11) is -3.89. The Morgan fingerprint density at radius 3 is 2.64 bits per heavy atom. The number of H-pyrrole nitrogens is 1. The molecule has 0 aliphatic rings. The third-order valence-corrected chi connectivity index (χ3v) is 3.12. The van der Waals surface area contributed by atoms with Gasteiger partial charge in [0.1, 0.15) is 4.90 Å². The maximum atomic E-state index is 11.4. The van der Waals surface area contributed by atoms with Crippen LogP contribution in [-0.4, -0.2) is 19.4 Å². The molecule has 0 aliphatic carbocycles. The summed E-state index contributed by atoms with van der Waals surface area (Å²) in [5, 5.41) is 0. The van der Waals surface area contributed by atoms with Gasteiger partial charge in [-0.3, -0.25) is 0 Å². The van der Waals surface area contributed by atoms with Gasteiger partial charge < -0.3 is 16.5 Å². The molecule has 8 heteroatoms. The van der Waals surface area contributed by atoms with Gasteiger partial charge in [0, 0.05) is 12.4 Å². The van der Waals surface area contributed by atoms with Crippen molar-refractivity contribution in [2.45, 2.75) is 4.90 Å². The molecule has 0 aliphatic heterocycles. The van der Waals surface area contributed by atoms with Crippen LogP contribution in [0.2, 0.25) is 0 Å². The predicted molar refractivity (Wildman–Crippen MR) is 54.6 cm³/mol. The summed E-state index contributed by atoms with van der Waals surface area (Å²) >= 11 is 4.80. The summed E-state index contributed by atoms with van der Waals surface area (Å²) in [4.78, 5) is 2.46. The van der Waals surface area contributed by atoms with E-state index in [1.165, 1.54) is 18.5 Å². The number of rotatable bonds is 2. The van der Waals surface area contributed by atoms with Gasteiger partial charge in [0.15, 0.2) is 0 Å². The Kier molecular flexibility index (Phi) is 2.87. The van der Waals surface area contributed by atoms with E-state index in [-0.39, 0.29) is 9.41 Å². The lowest BCUT2D eigenvalue weighted by Crippen LogP contribution is -2.24. The Bertz CT molecular complexity index is 513. The van der Waals surface area contributed by atoms with Crippen LogP contribution in [0.5, 0.6) is 0 Å². The maximum Gasteiger partial charge on any atom is 0.288 e. The zero-order valence-corrected chi connectivity index (χ0v) is 8.60. The fourth-order valence-corrected chi connectivity index (χ4v) is 2.15. The van der Waals surface area contributed by atoms with Crippen LogP contribution >= 0.6 is 12.2 Å². The van der Waals surface area contributed by atoms with Crippen LogP contribution in [0.1, 0.15) is 0 Å². The monoisotopic (exact) mass is 232 g/mol. The largest absolute Gasteiger partial charge is 0.369 e. The number of sulfonamides is 1. The minimum Gasteiger partial charge on any atom is -0.369 e. The number of hydrogen-bond acceptors (Lipinski definition) is 3. The van der Waals surface area contributed by atoms with Gasteiger partial charge in [-0.25, -0.2) is 0 Å². The number of nitrogens with two attached hydrogens (primary N) is 2. The molecule has 76 valence electrons. The van der Waals surface area contributed by atoms with E-state index in [2.05, 4.69) is 9.38 Å². The summed E-state index contributed by atoms with van der Waals surface area (Å²) in [6.07, 6.45) is 2.74. The highest BCUT2D eigenvalue weighted by atomic mass is 32.2. The van der Waals surface area contributed by atoms with Crippen LogP contribution in [-0.2, 0) is 10.0 Å². The van der Waals surface area contributed by atoms with Crippen LogP contribution in [0.4, 0.5) is 0 Å². The van der Waals surface area contributed by atoms with E-state index in [4.69, 9.17) is 23.7 Å². The molecule has 0 bridgehead atoms. The maximum absolute atomic E-state index is 11.4. The molecule has 1 aromatic heterocycles. The first-order valence-electron chi connectivity index (χ1n) is 3.46. The molecular formula is C6H8N4O2S2. The SMILES string of the molecule is NC(N)=NS(=O)(=O)c1c[nH]ccc1=S. The van der Waals surface area contributed by atoms with E-state index in [0.29, 0.717) is 0 Å². The first kappa shape index (κ1) is 10.7. The number of pyridine rings is 1. The van der Waals surface area contributed by atoms with E-state index in [1.54, 1.807) is 0 Å². The van der Waals surface area contributed by atoms with E-state index in [9.17, 15) is 8.42 Å². The Balaban J connectivity index is 3.40. The van der Waals surface area contributed by atoms with Gasteiger partial charge in [0.05, 0.1) is 4.51 Å². The lowest BCUT2D eigenvalue weighted by atomic mass is 10.5. The topological polar surface area (TPSA) is 114 Å². The van der Waals surface area contributed by atoms with Gasteiger partial charge in [-0.2, -0.15) is 8.42 Å². The van der Waals surface area contributed by atoms with Crippen LogP contribution < -0.4 is 11.5 Å². The Morgan fingerprint density at radius 1 is 1.50 bits per heavy atom. The van der Waals surface area contributed by atoms with Crippen LogP contribution in [0, 0.1) is 4.51 Å². The van der Waals surface area contributed by atoms with E-state index in [1.807, 2.05) is 0 Å². The molecule has 0 saturated heterocycles. The Labute approximate surface area is 85.7 Å². The highest BCUT2D eigenvalue weighted by Gasteiger charge is 2.14. The molecule has 14 heavy (non-hydrogen) atoms. The second-order valence-electron chi connectivity index (χ2n) is 2.36. The van der Waals surface area contributed by atoms with E-state index < -0.39 is 16.0 Å². The van der Waals surface area contributed by atoms with Gasteiger partial charge in [-0.15, -0.1) is 4.40 Å². The summed E-state index contributed by atoms with van der Waals surface area (Å²) in [6, 6.07) is 1.43. The molecule has 0 unspecified atom stereocenters. The van der Waals surface area contributed by atoms with Gasteiger partial charge in [-0.05, 0) is 6.07 Å². The van der Waals surface area contributed by atoms with Gasteiger partial charge in [-0.1, -0.05) is 12.2 Å². The van der Waals surface area contributed by atoms with Crippen LogP contribution in [0.3, 0.4) is 0 Å². The van der Waals surface area contributed by atoms with Crippen LogP contribution in [0.25, 0.3) is 0 Å². The summed E-state index contributed by atoms with van der Waals surface area (Å²) in [5.41, 5.74) is 9.94. The number of aromatic nitrogens is 1. The minimum absolute atomic E-state index is 0.122. The molecule has 0 fully saturated rings.